The van der Waals surface area contributed by atoms with E-state index in [4.69, 9.17) is 14.2 Å². The molecule has 138 valence electrons. The van der Waals surface area contributed by atoms with Gasteiger partial charge in [-0.25, -0.2) is 4.79 Å². The van der Waals surface area contributed by atoms with Crippen molar-refractivity contribution >= 4 is 6.03 Å². The molecule has 0 aromatic heterocycles. The average molecular weight is 356 g/mol. The Bertz CT molecular complexity index is 721. The summed E-state index contributed by atoms with van der Waals surface area (Å²) in [5, 5.41) is 5.87. The van der Waals surface area contributed by atoms with Gasteiger partial charge < -0.3 is 24.8 Å². The van der Waals surface area contributed by atoms with Crippen molar-refractivity contribution in [1.29, 1.82) is 0 Å². The summed E-state index contributed by atoms with van der Waals surface area (Å²) in [7, 11) is 1.61. The zero-order valence-corrected chi connectivity index (χ0v) is 14.9. The normalized spacial score (nSPS) is 13.3. The molecule has 2 N–H and O–H groups in total. The maximum absolute atomic E-state index is 12.2. The van der Waals surface area contributed by atoms with Gasteiger partial charge in [-0.1, -0.05) is 36.4 Å². The molecule has 26 heavy (non-hydrogen) atoms. The summed E-state index contributed by atoms with van der Waals surface area (Å²) in [5.41, 5.74) is 2.27. The first-order valence-corrected chi connectivity index (χ1v) is 8.70. The van der Waals surface area contributed by atoms with Crippen LogP contribution >= 0.6 is 0 Å². The molecule has 0 saturated heterocycles. The van der Waals surface area contributed by atoms with Crippen molar-refractivity contribution in [3.63, 3.8) is 0 Å². The van der Waals surface area contributed by atoms with Crippen molar-refractivity contribution in [2.24, 2.45) is 0 Å². The van der Waals surface area contributed by atoms with Crippen LogP contribution in [-0.4, -0.2) is 39.1 Å². The Labute approximate surface area is 153 Å². The highest BCUT2D eigenvalue weighted by atomic mass is 16.7. The Morgan fingerprint density at radius 1 is 1.08 bits per heavy atom. The van der Waals surface area contributed by atoms with Crippen molar-refractivity contribution in [3.8, 4) is 11.5 Å². The van der Waals surface area contributed by atoms with E-state index in [1.807, 2.05) is 36.4 Å². The Morgan fingerprint density at radius 3 is 2.65 bits per heavy atom. The molecule has 0 bridgehead atoms. The Balaban J connectivity index is 1.66. The number of hydrogen-bond donors (Lipinski definition) is 2. The fraction of sp³-hybridized carbons (Fsp3) is 0.350. The van der Waals surface area contributed by atoms with E-state index >= 15 is 0 Å². The van der Waals surface area contributed by atoms with E-state index in [9.17, 15) is 4.79 Å². The van der Waals surface area contributed by atoms with Crippen molar-refractivity contribution in [2.45, 2.75) is 18.9 Å². The van der Waals surface area contributed by atoms with Crippen LogP contribution in [0.3, 0.4) is 0 Å². The topological polar surface area (TPSA) is 68.8 Å². The van der Waals surface area contributed by atoms with Gasteiger partial charge in [0.15, 0.2) is 11.5 Å². The molecular weight excluding hydrogens is 332 g/mol. The predicted molar refractivity (Wildman–Crippen MR) is 98.6 cm³/mol. The minimum Gasteiger partial charge on any atom is -0.454 e. The summed E-state index contributed by atoms with van der Waals surface area (Å²) in [5.74, 6) is 1.52. The lowest BCUT2D eigenvalue weighted by atomic mass is 9.99. The fourth-order valence-electron chi connectivity index (χ4n) is 2.93. The van der Waals surface area contributed by atoms with Crippen LogP contribution in [0.25, 0.3) is 0 Å². The molecular formula is C20H24N2O4. The summed E-state index contributed by atoms with van der Waals surface area (Å²) in [4.78, 5) is 12.2. The molecule has 1 aliphatic heterocycles. The molecule has 0 spiro atoms. The lowest BCUT2D eigenvalue weighted by molar-refractivity contribution is 0.174. The molecule has 2 aromatic carbocycles. The molecule has 1 atom stereocenters. The predicted octanol–water partition coefficient (Wildman–Crippen LogP) is 2.51. The Morgan fingerprint density at radius 2 is 1.85 bits per heavy atom. The van der Waals surface area contributed by atoms with Gasteiger partial charge in [0.2, 0.25) is 6.79 Å². The third-order valence-corrected chi connectivity index (χ3v) is 4.17. The first-order chi connectivity index (χ1) is 12.7. The number of amides is 2. The second kappa shape index (κ2) is 9.10. The number of fused-ring (bicyclic) bond motifs is 1. The molecule has 1 heterocycles. The number of methoxy groups -OCH3 is 1. The minimum absolute atomic E-state index is 0.0414. The second-order valence-electron chi connectivity index (χ2n) is 6.17. The lowest BCUT2D eigenvalue weighted by Crippen LogP contribution is -2.45. The van der Waals surface area contributed by atoms with Gasteiger partial charge in [0.05, 0.1) is 6.61 Å². The number of hydrogen-bond acceptors (Lipinski definition) is 4. The van der Waals surface area contributed by atoms with Gasteiger partial charge in [-0.15, -0.1) is 0 Å². The van der Waals surface area contributed by atoms with Crippen LogP contribution in [0, 0.1) is 0 Å². The molecule has 2 aromatic rings. The fourth-order valence-corrected chi connectivity index (χ4v) is 2.93. The van der Waals surface area contributed by atoms with E-state index in [0.29, 0.717) is 19.6 Å². The maximum Gasteiger partial charge on any atom is 0.315 e. The molecule has 0 radical (unpaired) electrons. The molecule has 1 aliphatic rings. The van der Waals surface area contributed by atoms with Gasteiger partial charge in [0.25, 0.3) is 0 Å². The lowest BCUT2D eigenvalue weighted by Gasteiger charge is -2.20. The number of benzene rings is 2. The smallest absolute Gasteiger partial charge is 0.315 e. The summed E-state index contributed by atoms with van der Waals surface area (Å²) in [6.07, 6.45) is 1.44. The van der Waals surface area contributed by atoms with Gasteiger partial charge in [0.1, 0.15) is 0 Å². The Kier molecular flexibility index (Phi) is 6.33. The van der Waals surface area contributed by atoms with E-state index in [2.05, 4.69) is 22.8 Å². The average Bonchev–Trinajstić information content (AvgIpc) is 3.10. The quantitative estimate of drug-likeness (QED) is 0.713. The van der Waals surface area contributed by atoms with Crippen molar-refractivity contribution in [3.05, 3.63) is 59.7 Å². The van der Waals surface area contributed by atoms with E-state index in [1.165, 1.54) is 5.56 Å². The van der Waals surface area contributed by atoms with Crippen molar-refractivity contribution < 1.29 is 19.0 Å². The number of nitrogens with one attached hydrogen (secondary N) is 2. The number of carbonyl (C=O) groups excluding carboxylic acids is 1. The standard InChI is InChI=1S/C20H24N2O4/c1-24-10-9-21-20(23)22-17(11-15-5-3-2-4-6-15)12-16-7-8-18-19(13-16)26-14-25-18/h2-8,13,17H,9-12,14H2,1H3,(H2,21,22,23)/t17-/m1/s1. The number of rotatable bonds is 8. The van der Waals surface area contributed by atoms with Crippen LogP contribution in [0.5, 0.6) is 11.5 Å². The van der Waals surface area contributed by atoms with E-state index in [0.717, 1.165) is 23.5 Å². The van der Waals surface area contributed by atoms with Crippen LogP contribution in [-0.2, 0) is 17.6 Å². The monoisotopic (exact) mass is 356 g/mol. The highest BCUT2D eigenvalue weighted by Gasteiger charge is 2.17. The highest BCUT2D eigenvalue weighted by Crippen LogP contribution is 2.32. The van der Waals surface area contributed by atoms with Crippen LogP contribution in [0.4, 0.5) is 4.79 Å². The number of urea groups is 1. The maximum atomic E-state index is 12.2. The third kappa shape index (κ3) is 5.13. The molecule has 0 saturated carbocycles. The summed E-state index contributed by atoms with van der Waals surface area (Å²) >= 11 is 0. The molecule has 0 aliphatic carbocycles. The molecule has 2 amide bonds. The Hall–Kier alpha value is -2.73. The highest BCUT2D eigenvalue weighted by molar-refractivity contribution is 5.74. The largest absolute Gasteiger partial charge is 0.454 e. The van der Waals surface area contributed by atoms with Crippen LogP contribution < -0.4 is 20.1 Å². The number of ether oxygens (including phenoxy) is 3. The molecule has 0 unspecified atom stereocenters. The van der Waals surface area contributed by atoms with Gasteiger partial charge in [-0.3, -0.25) is 0 Å². The first-order valence-electron chi connectivity index (χ1n) is 8.70. The second-order valence-corrected chi connectivity index (χ2v) is 6.17. The van der Waals surface area contributed by atoms with Crippen molar-refractivity contribution in [2.75, 3.05) is 27.1 Å². The van der Waals surface area contributed by atoms with E-state index in [1.54, 1.807) is 7.11 Å². The first kappa shape index (κ1) is 18.1. The third-order valence-electron chi connectivity index (χ3n) is 4.17. The van der Waals surface area contributed by atoms with Crippen LogP contribution in [0.2, 0.25) is 0 Å². The van der Waals surface area contributed by atoms with Crippen LogP contribution in [0.1, 0.15) is 11.1 Å². The molecule has 0 fully saturated rings. The summed E-state index contributed by atoms with van der Waals surface area (Å²) < 4.78 is 15.8. The van der Waals surface area contributed by atoms with E-state index in [-0.39, 0.29) is 18.9 Å². The van der Waals surface area contributed by atoms with Crippen LogP contribution in [0.15, 0.2) is 48.5 Å². The van der Waals surface area contributed by atoms with Gasteiger partial charge in [-0.05, 0) is 36.1 Å². The van der Waals surface area contributed by atoms with Gasteiger partial charge in [-0.2, -0.15) is 0 Å². The zero-order valence-electron chi connectivity index (χ0n) is 14.9. The zero-order chi connectivity index (χ0) is 18.2. The molecule has 6 heteroatoms. The number of carbonyl (C=O) groups is 1. The molecule has 3 rings (SSSR count). The van der Waals surface area contributed by atoms with E-state index < -0.39 is 0 Å². The summed E-state index contributed by atoms with van der Waals surface area (Å²) in [6, 6.07) is 15.8. The van der Waals surface area contributed by atoms with Gasteiger partial charge in [0, 0.05) is 19.7 Å². The molecule has 6 nitrogen and oxygen atoms in total. The summed E-state index contributed by atoms with van der Waals surface area (Å²) in [6.45, 7) is 1.22. The van der Waals surface area contributed by atoms with Gasteiger partial charge >= 0.3 is 6.03 Å². The van der Waals surface area contributed by atoms with Crippen molar-refractivity contribution in [1.82, 2.24) is 10.6 Å². The SMILES string of the molecule is COCCNC(=O)N[C@H](Cc1ccccc1)Cc1ccc2c(c1)OCO2. The minimum atomic E-state index is -0.191.